The van der Waals surface area contributed by atoms with Gasteiger partial charge in [-0.2, -0.15) is 0 Å². The fraction of sp³-hybridized carbons (Fsp3) is 0.412. The fourth-order valence-corrected chi connectivity index (χ4v) is 6.67. The van der Waals surface area contributed by atoms with Gasteiger partial charge < -0.3 is 18.3 Å². The van der Waals surface area contributed by atoms with Crippen molar-refractivity contribution in [3.8, 4) is 0 Å². The normalized spacial score (nSPS) is 24.9. The van der Waals surface area contributed by atoms with Crippen LogP contribution in [0.5, 0.6) is 0 Å². The second-order valence-corrected chi connectivity index (χ2v) is 10.9. The summed E-state index contributed by atoms with van der Waals surface area (Å²) < 4.78 is 22.6. The van der Waals surface area contributed by atoms with E-state index in [9.17, 15) is 0 Å². The molecular formula is C17H22O4Si2. The van der Waals surface area contributed by atoms with Gasteiger partial charge in [-0.15, -0.1) is 0 Å². The van der Waals surface area contributed by atoms with E-state index in [1.165, 1.54) is 16.3 Å². The first kappa shape index (κ1) is 15.5. The van der Waals surface area contributed by atoms with E-state index < -0.39 is 19.5 Å². The lowest BCUT2D eigenvalue weighted by molar-refractivity contribution is 0.263. The third-order valence-corrected chi connectivity index (χ3v) is 8.35. The highest BCUT2D eigenvalue weighted by Crippen LogP contribution is 2.25. The van der Waals surface area contributed by atoms with Crippen molar-refractivity contribution in [2.45, 2.75) is 17.4 Å². The zero-order valence-corrected chi connectivity index (χ0v) is 16.0. The molecule has 4 rings (SSSR count). The molecule has 2 atom stereocenters. The highest BCUT2D eigenvalue weighted by Gasteiger charge is 2.26. The zero-order valence-electron chi connectivity index (χ0n) is 13.1. The lowest BCUT2D eigenvalue weighted by atomic mass is 10.1. The van der Waals surface area contributed by atoms with Crippen LogP contribution < -0.4 is 0 Å². The van der Waals surface area contributed by atoms with E-state index in [0.29, 0.717) is 17.4 Å². The molecular weight excluding hydrogens is 324 g/mol. The predicted octanol–water partition coefficient (Wildman–Crippen LogP) is 0.837. The molecule has 2 aromatic carbocycles. The molecule has 0 radical (unpaired) electrons. The molecule has 2 aromatic rings. The molecule has 0 saturated carbocycles. The number of rotatable bonds is 9. The second kappa shape index (κ2) is 7.25. The summed E-state index contributed by atoms with van der Waals surface area (Å²) in [4.78, 5) is 0. The van der Waals surface area contributed by atoms with Crippen LogP contribution in [-0.2, 0) is 18.3 Å². The Morgan fingerprint density at radius 1 is 0.913 bits per heavy atom. The molecule has 2 saturated heterocycles. The van der Waals surface area contributed by atoms with E-state index in [1.54, 1.807) is 0 Å². The Labute approximate surface area is 141 Å². The number of benzene rings is 2. The molecule has 23 heavy (non-hydrogen) atoms. The van der Waals surface area contributed by atoms with Crippen LogP contribution in [0.1, 0.15) is 10.7 Å². The standard InChI is InChI=1S/C17H22O4Si2/c1-2-6-15-12(4-1)5-3-7-16(15)17(22-20-10-13-8-18-13)23-21-11-14-9-19-14/h1-7,13-14,17H,8-11,22-23H2. The molecule has 2 aliphatic heterocycles. The Bertz CT molecular complexity index is 635. The molecule has 0 amide bonds. The topological polar surface area (TPSA) is 43.5 Å². The van der Waals surface area contributed by atoms with E-state index >= 15 is 0 Å². The summed E-state index contributed by atoms with van der Waals surface area (Å²) in [5.74, 6) is 0. The molecule has 0 aliphatic carbocycles. The average Bonchev–Trinajstić information content (AvgIpc) is 3.48. The average molecular weight is 347 g/mol. The number of fused-ring (bicyclic) bond motifs is 1. The van der Waals surface area contributed by atoms with Gasteiger partial charge in [0.15, 0.2) is 19.5 Å². The van der Waals surface area contributed by atoms with Gasteiger partial charge in [-0.05, 0) is 16.3 Å². The van der Waals surface area contributed by atoms with Crippen LogP contribution in [0, 0.1) is 0 Å². The monoisotopic (exact) mass is 346 g/mol. The molecule has 0 aromatic heterocycles. The van der Waals surface area contributed by atoms with Crippen LogP contribution >= 0.6 is 0 Å². The molecule has 122 valence electrons. The maximum absolute atomic E-state index is 6.03. The Morgan fingerprint density at radius 3 is 2.17 bits per heavy atom. The van der Waals surface area contributed by atoms with Crippen molar-refractivity contribution in [3.63, 3.8) is 0 Å². The second-order valence-electron chi connectivity index (χ2n) is 6.25. The summed E-state index contributed by atoms with van der Waals surface area (Å²) in [5.41, 5.74) is 1.41. The minimum atomic E-state index is -0.673. The molecule has 2 unspecified atom stereocenters. The largest absolute Gasteiger partial charge is 0.421 e. The molecule has 2 aliphatic rings. The molecule has 0 spiro atoms. The van der Waals surface area contributed by atoms with Crippen molar-refractivity contribution >= 4 is 30.3 Å². The summed E-state index contributed by atoms with van der Waals surface area (Å²) in [7, 11) is -1.35. The molecule has 6 heteroatoms. The quantitative estimate of drug-likeness (QED) is 0.498. The molecule has 4 nitrogen and oxygen atoms in total. The lowest BCUT2D eigenvalue weighted by Crippen LogP contribution is -2.23. The molecule has 2 heterocycles. The zero-order chi connectivity index (χ0) is 15.5. The SMILES string of the molecule is c1ccc2c(C([SiH2]OCC3CO3)[SiH2]OCC3CO3)cccc2c1. The van der Waals surface area contributed by atoms with Crippen molar-refractivity contribution in [2.24, 2.45) is 0 Å². The van der Waals surface area contributed by atoms with Crippen molar-refractivity contribution in [1.29, 1.82) is 0 Å². The van der Waals surface area contributed by atoms with Gasteiger partial charge >= 0.3 is 0 Å². The Balaban J connectivity index is 1.48. The van der Waals surface area contributed by atoms with E-state index in [0.717, 1.165) is 26.4 Å². The van der Waals surface area contributed by atoms with Crippen LogP contribution in [0.3, 0.4) is 0 Å². The maximum Gasteiger partial charge on any atom is 0.168 e. The summed E-state index contributed by atoms with van der Waals surface area (Å²) >= 11 is 0. The van der Waals surface area contributed by atoms with Crippen molar-refractivity contribution < 1.29 is 18.3 Å². The van der Waals surface area contributed by atoms with Gasteiger partial charge in [0.25, 0.3) is 0 Å². The maximum atomic E-state index is 6.03. The molecule has 2 fully saturated rings. The lowest BCUT2D eigenvalue weighted by Gasteiger charge is -2.18. The van der Waals surface area contributed by atoms with Crippen LogP contribution in [0.15, 0.2) is 42.5 Å². The van der Waals surface area contributed by atoms with Crippen LogP contribution in [-0.4, -0.2) is 58.2 Å². The molecule has 0 bridgehead atoms. The number of epoxide rings is 2. The minimum absolute atomic E-state index is 0.345. The van der Waals surface area contributed by atoms with Crippen LogP contribution in [0.2, 0.25) is 0 Å². The first-order valence-electron chi connectivity index (χ1n) is 8.26. The number of ether oxygens (including phenoxy) is 2. The fourth-order valence-electron chi connectivity index (χ4n) is 2.85. The Hall–Kier alpha value is -1.03. The van der Waals surface area contributed by atoms with Crippen LogP contribution in [0.4, 0.5) is 0 Å². The van der Waals surface area contributed by atoms with Gasteiger partial charge in [-0.3, -0.25) is 0 Å². The van der Waals surface area contributed by atoms with Gasteiger partial charge in [0.05, 0.1) is 26.4 Å². The summed E-state index contributed by atoms with van der Waals surface area (Å²) in [6.45, 7) is 3.24. The first-order valence-corrected chi connectivity index (χ1v) is 11.1. The van der Waals surface area contributed by atoms with Crippen molar-refractivity contribution in [1.82, 2.24) is 0 Å². The van der Waals surface area contributed by atoms with E-state index in [2.05, 4.69) is 42.5 Å². The third kappa shape index (κ3) is 4.29. The van der Waals surface area contributed by atoms with Gasteiger partial charge in [-0.25, -0.2) is 0 Å². The Kier molecular flexibility index (Phi) is 4.89. The first-order chi connectivity index (χ1) is 11.4. The summed E-state index contributed by atoms with van der Waals surface area (Å²) in [5, 5.41) is 3.14. The summed E-state index contributed by atoms with van der Waals surface area (Å²) in [6.07, 6.45) is 0.691. The van der Waals surface area contributed by atoms with Crippen molar-refractivity contribution in [2.75, 3.05) is 26.4 Å². The van der Waals surface area contributed by atoms with Gasteiger partial charge in [0.1, 0.15) is 12.2 Å². The van der Waals surface area contributed by atoms with E-state index in [-0.39, 0.29) is 0 Å². The highest BCUT2D eigenvalue weighted by molar-refractivity contribution is 6.52. The minimum Gasteiger partial charge on any atom is -0.421 e. The smallest absolute Gasteiger partial charge is 0.168 e. The van der Waals surface area contributed by atoms with Gasteiger partial charge in [0, 0.05) is 5.16 Å². The predicted molar refractivity (Wildman–Crippen MR) is 95.2 cm³/mol. The highest BCUT2D eigenvalue weighted by atomic mass is 28.3. The van der Waals surface area contributed by atoms with Gasteiger partial charge in [0.2, 0.25) is 0 Å². The van der Waals surface area contributed by atoms with E-state index in [4.69, 9.17) is 18.3 Å². The Morgan fingerprint density at radius 2 is 1.52 bits per heavy atom. The third-order valence-electron chi connectivity index (χ3n) is 4.31. The van der Waals surface area contributed by atoms with Gasteiger partial charge in [-0.1, -0.05) is 42.5 Å². The molecule has 0 N–H and O–H groups in total. The van der Waals surface area contributed by atoms with E-state index in [1.807, 2.05) is 0 Å². The summed E-state index contributed by atoms with van der Waals surface area (Å²) in [6, 6.07) is 15.2. The van der Waals surface area contributed by atoms with Crippen LogP contribution in [0.25, 0.3) is 10.8 Å². The number of hydrogen-bond acceptors (Lipinski definition) is 4. The van der Waals surface area contributed by atoms with Crippen molar-refractivity contribution in [3.05, 3.63) is 48.0 Å². The number of hydrogen-bond donors (Lipinski definition) is 0.